The van der Waals surface area contributed by atoms with Crippen molar-refractivity contribution in [2.24, 2.45) is 5.92 Å². The molecular weight excluding hydrogens is 298 g/mol. The predicted octanol–water partition coefficient (Wildman–Crippen LogP) is 2.00. The Balaban J connectivity index is 2.11. The zero-order valence-corrected chi connectivity index (χ0v) is 13.5. The van der Waals surface area contributed by atoms with Gasteiger partial charge in [-0.1, -0.05) is 37.2 Å². The van der Waals surface area contributed by atoms with Crippen molar-refractivity contribution in [2.75, 3.05) is 0 Å². The predicted molar refractivity (Wildman–Crippen MR) is 82.6 cm³/mol. The zero-order valence-electron chi connectivity index (χ0n) is 13.5. The minimum absolute atomic E-state index is 0.165. The van der Waals surface area contributed by atoms with Crippen LogP contribution >= 0.6 is 0 Å². The number of nitrogens with zero attached hydrogens (tertiary/aromatic N) is 2. The lowest BCUT2D eigenvalue weighted by molar-refractivity contribution is -0.135. The first-order chi connectivity index (χ1) is 10.8. The molecule has 124 valence electrons. The van der Waals surface area contributed by atoms with Crippen molar-refractivity contribution < 1.29 is 14.4 Å². The van der Waals surface area contributed by atoms with Crippen LogP contribution in [-0.4, -0.2) is 31.7 Å². The van der Waals surface area contributed by atoms with Crippen LogP contribution in [-0.2, 0) is 10.3 Å². The summed E-state index contributed by atoms with van der Waals surface area (Å²) >= 11 is 0. The van der Waals surface area contributed by atoms with Crippen molar-refractivity contribution >= 4 is 5.97 Å². The third-order valence-corrected chi connectivity index (χ3v) is 4.91. The Morgan fingerprint density at radius 2 is 2.35 bits per heavy atom. The molecule has 1 unspecified atom stereocenters. The molecule has 2 heterocycles. The number of aromatic nitrogens is 2. The highest BCUT2D eigenvalue weighted by Gasteiger charge is 2.65. The van der Waals surface area contributed by atoms with Gasteiger partial charge in [0, 0.05) is 0 Å². The molecular formula is C16H21N3O4. The molecule has 0 amide bonds. The Morgan fingerprint density at radius 1 is 1.65 bits per heavy atom. The summed E-state index contributed by atoms with van der Waals surface area (Å²) in [5.74, 6) is -1.02. The molecule has 7 heteroatoms. The lowest BCUT2D eigenvalue weighted by Gasteiger charge is -2.42. The molecule has 3 atom stereocenters. The lowest BCUT2D eigenvalue weighted by Crippen LogP contribution is -2.49. The van der Waals surface area contributed by atoms with Crippen LogP contribution in [0.15, 0.2) is 33.2 Å². The molecule has 0 radical (unpaired) electrons. The second-order valence-electron chi connectivity index (χ2n) is 6.57. The zero-order chi connectivity index (χ0) is 16.8. The number of hydrogen-bond donors (Lipinski definition) is 2. The van der Waals surface area contributed by atoms with Crippen LogP contribution in [0, 0.1) is 5.92 Å². The summed E-state index contributed by atoms with van der Waals surface area (Å²) in [5.41, 5.74) is -0.856. The minimum atomic E-state index is -0.969. The SMILES string of the molecule is CC/C=C\C1(C)CC=C(C(=O)O)N1[C@@]1(c2noc(=O)[nH]2)C[C@@H]1C. The highest BCUT2D eigenvalue weighted by atomic mass is 16.5. The number of carboxylic acids is 1. The van der Waals surface area contributed by atoms with Crippen LogP contribution in [0.3, 0.4) is 0 Å². The van der Waals surface area contributed by atoms with Crippen molar-refractivity contribution in [3.63, 3.8) is 0 Å². The number of carboxylic acid groups (broad SMARTS) is 1. The standard InChI is InChI=1S/C16H21N3O4/c1-4-5-7-15(3)8-6-11(12(20)21)19(15)16(9-10(16)2)13-17-14(22)23-18-13/h5-7,10H,4,8-9H2,1-3H3,(H,20,21)(H,17,18,22)/b7-5-/t10-,15?,16-/m0/s1. The van der Waals surface area contributed by atoms with Gasteiger partial charge < -0.3 is 10.0 Å². The van der Waals surface area contributed by atoms with Gasteiger partial charge in [0.2, 0.25) is 0 Å². The van der Waals surface area contributed by atoms with E-state index in [1.807, 2.05) is 37.8 Å². The van der Waals surface area contributed by atoms with Gasteiger partial charge in [-0.2, -0.15) is 0 Å². The molecule has 1 aliphatic carbocycles. The number of aromatic amines is 1. The summed E-state index contributed by atoms with van der Waals surface area (Å²) in [7, 11) is 0. The molecule has 2 N–H and O–H groups in total. The molecule has 7 nitrogen and oxygen atoms in total. The fourth-order valence-corrected chi connectivity index (χ4v) is 3.70. The van der Waals surface area contributed by atoms with Crippen molar-refractivity contribution in [3.05, 3.63) is 40.3 Å². The largest absolute Gasteiger partial charge is 0.477 e. The molecule has 0 saturated heterocycles. The van der Waals surface area contributed by atoms with Crippen LogP contribution in [0.4, 0.5) is 0 Å². The van der Waals surface area contributed by atoms with E-state index in [1.54, 1.807) is 6.08 Å². The van der Waals surface area contributed by atoms with Crippen molar-refractivity contribution in [1.29, 1.82) is 0 Å². The summed E-state index contributed by atoms with van der Waals surface area (Å²) in [6, 6.07) is 0. The van der Waals surface area contributed by atoms with Crippen LogP contribution < -0.4 is 5.76 Å². The maximum atomic E-state index is 11.7. The number of hydrogen-bond acceptors (Lipinski definition) is 5. The topological polar surface area (TPSA) is 99.4 Å². The summed E-state index contributed by atoms with van der Waals surface area (Å²) in [4.78, 5) is 27.6. The fourth-order valence-electron chi connectivity index (χ4n) is 3.70. The lowest BCUT2D eigenvalue weighted by atomic mass is 9.94. The van der Waals surface area contributed by atoms with Gasteiger partial charge in [0.1, 0.15) is 11.2 Å². The maximum absolute atomic E-state index is 11.7. The van der Waals surface area contributed by atoms with E-state index in [1.165, 1.54) is 0 Å². The monoisotopic (exact) mass is 319 g/mol. The molecule has 0 bridgehead atoms. The highest BCUT2D eigenvalue weighted by Crippen LogP contribution is 2.60. The van der Waals surface area contributed by atoms with E-state index >= 15 is 0 Å². The van der Waals surface area contributed by atoms with E-state index in [2.05, 4.69) is 14.7 Å². The van der Waals surface area contributed by atoms with E-state index in [0.717, 1.165) is 12.8 Å². The Bertz CT molecular complexity index is 747. The third-order valence-electron chi connectivity index (χ3n) is 4.91. The van der Waals surface area contributed by atoms with Gasteiger partial charge in [-0.25, -0.2) is 9.59 Å². The van der Waals surface area contributed by atoms with E-state index in [0.29, 0.717) is 12.2 Å². The quantitative estimate of drug-likeness (QED) is 0.805. The molecule has 23 heavy (non-hydrogen) atoms. The first-order valence-electron chi connectivity index (χ1n) is 7.83. The molecule has 2 aliphatic rings. The average molecular weight is 319 g/mol. The smallest absolute Gasteiger partial charge is 0.438 e. The highest BCUT2D eigenvalue weighted by molar-refractivity contribution is 5.87. The molecule has 3 rings (SSSR count). The van der Waals surface area contributed by atoms with E-state index in [4.69, 9.17) is 0 Å². The van der Waals surface area contributed by atoms with Crippen LogP contribution in [0.2, 0.25) is 0 Å². The molecule has 0 spiro atoms. The normalized spacial score (nSPS) is 33.3. The molecule has 1 aromatic rings. The Morgan fingerprint density at radius 3 is 2.83 bits per heavy atom. The van der Waals surface area contributed by atoms with Gasteiger partial charge in [-0.05, 0) is 32.1 Å². The Kier molecular flexibility index (Phi) is 3.46. The van der Waals surface area contributed by atoms with Crippen LogP contribution in [0.25, 0.3) is 0 Å². The Labute approximate surface area is 133 Å². The maximum Gasteiger partial charge on any atom is 0.438 e. The molecule has 0 aromatic carbocycles. The molecule has 1 aliphatic heterocycles. The number of allylic oxidation sites excluding steroid dienone is 1. The van der Waals surface area contributed by atoms with Gasteiger partial charge in [-0.15, -0.1) is 0 Å². The van der Waals surface area contributed by atoms with Crippen molar-refractivity contribution in [3.8, 4) is 0 Å². The van der Waals surface area contributed by atoms with Crippen LogP contribution in [0.1, 0.15) is 45.9 Å². The van der Waals surface area contributed by atoms with Gasteiger partial charge in [0.25, 0.3) is 0 Å². The van der Waals surface area contributed by atoms with Crippen LogP contribution in [0.5, 0.6) is 0 Å². The number of carbonyl (C=O) groups is 1. The number of nitrogens with one attached hydrogen (secondary N) is 1. The van der Waals surface area contributed by atoms with Gasteiger partial charge in [-0.3, -0.25) is 9.51 Å². The molecule has 1 saturated carbocycles. The minimum Gasteiger partial charge on any atom is -0.477 e. The summed E-state index contributed by atoms with van der Waals surface area (Å²) in [6.07, 6.45) is 8.02. The fraction of sp³-hybridized carbons (Fsp3) is 0.562. The summed E-state index contributed by atoms with van der Waals surface area (Å²) in [5, 5.41) is 13.5. The number of H-pyrrole nitrogens is 1. The van der Waals surface area contributed by atoms with Gasteiger partial charge in [0.05, 0.1) is 5.54 Å². The van der Waals surface area contributed by atoms with Crippen molar-refractivity contribution in [2.45, 2.75) is 51.1 Å². The molecule has 1 aromatic heterocycles. The molecule has 1 fully saturated rings. The number of rotatable bonds is 5. The second kappa shape index (κ2) is 5.11. The van der Waals surface area contributed by atoms with Gasteiger partial charge in [0.15, 0.2) is 5.82 Å². The Hall–Kier alpha value is -2.31. The second-order valence-corrected chi connectivity index (χ2v) is 6.57. The van der Waals surface area contributed by atoms with E-state index in [-0.39, 0.29) is 11.6 Å². The third kappa shape index (κ3) is 2.22. The number of aliphatic carboxylic acids is 1. The first kappa shape index (κ1) is 15.6. The van der Waals surface area contributed by atoms with E-state index < -0.39 is 22.8 Å². The first-order valence-corrected chi connectivity index (χ1v) is 7.83. The summed E-state index contributed by atoms with van der Waals surface area (Å²) in [6.45, 7) is 6.07. The van der Waals surface area contributed by atoms with E-state index in [9.17, 15) is 14.7 Å². The summed E-state index contributed by atoms with van der Waals surface area (Å²) < 4.78 is 4.67. The van der Waals surface area contributed by atoms with Crippen molar-refractivity contribution in [1.82, 2.24) is 15.0 Å². The van der Waals surface area contributed by atoms with Gasteiger partial charge >= 0.3 is 11.7 Å². The average Bonchev–Trinajstić information content (AvgIpc) is 2.85.